The Balaban J connectivity index is 2.57. The fraction of sp³-hybridized carbons (Fsp3) is 0.583. The van der Waals surface area contributed by atoms with Crippen LogP contribution >= 0.6 is 0 Å². The van der Waals surface area contributed by atoms with Crippen LogP contribution in [0.5, 0.6) is 0 Å². The fourth-order valence-electron chi connectivity index (χ4n) is 1.91. The molecule has 0 radical (unpaired) electrons. The van der Waals surface area contributed by atoms with Crippen molar-refractivity contribution in [2.75, 3.05) is 0 Å². The summed E-state index contributed by atoms with van der Waals surface area (Å²) in [5, 5.41) is 9.06. The zero-order valence-corrected chi connectivity index (χ0v) is 9.23. The van der Waals surface area contributed by atoms with Crippen LogP contribution in [0.25, 0.3) is 0 Å². The molecule has 15 heavy (non-hydrogen) atoms. The molecule has 1 aliphatic carbocycles. The first kappa shape index (κ1) is 10.4. The van der Waals surface area contributed by atoms with Gasteiger partial charge in [-0.1, -0.05) is 13.8 Å². The van der Waals surface area contributed by atoms with Gasteiger partial charge in [0.05, 0.1) is 6.61 Å². The van der Waals surface area contributed by atoms with Crippen LogP contribution in [-0.4, -0.2) is 9.67 Å². The molecule has 0 spiro atoms. The molecular formula is C12H17NO2. The van der Waals surface area contributed by atoms with Crippen LogP contribution in [-0.2, 0) is 6.61 Å². The molecule has 1 saturated carbocycles. The van der Waals surface area contributed by atoms with Gasteiger partial charge in [-0.3, -0.25) is 4.79 Å². The molecule has 82 valence electrons. The van der Waals surface area contributed by atoms with Gasteiger partial charge in [-0.2, -0.15) is 0 Å². The molecule has 0 amide bonds. The molecule has 1 fully saturated rings. The molecule has 0 aromatic carbocycles. The van der Waals surface area contributed by atoms with Gasteiger partial charge < -0.3 is 9.67 Å². The summed E-state index contributed by atoms with van der Waals surface area (Å²) in [6.45, 7) is 4.02. The Morgan fingerprint density at radius 1 is 1.47 bits per heavy atom. The molecule has 1 heterocycles. The molecular weight excluding hydrogens is 190 g/mol. The van der Waals surface area contributed by atoms with Crippen LogP contribution in [0.4, 0.5) is 0 Å². The highest BCUT2D eigenvalue weighted by Crippen LogP contribution is 2.35. The number of pyridine rings is 1. The van der Waals surface area contributed by atoms with Gasteiger partial charge in [0.15, 0.2) is 0 Å². The largest absolute Gasteiger partial charge is 0.391 e. The summed E-state index contributed by atoms with van der Waals surface area (Å²) in [5.41, 5.74) is 1.58. The summed E-state index contributed by atoms with van der Waals surface area (Å²) in [5.74, 6) is 0.353. The van der Waals surface area contributed by atoms with E-state index in [-0.39, 0.29) is 12.2 Å². The minimum atomic E-state index is -0.163. The van der Waals surface area contributed by atoms with Crippen molar-refractivity contribution >= 4 is 0 Å². The van der Waals surface area contributed by atoms with E-state index < -0.39 is 0 Å². The maximum atomic E-state index is 12.0. The fourth-order valence-corrected chi connectivity index (χ4v) is 1.91. The van der Waals surface area contributed by atoms with Crippen molar-refractivity contribution in [3.63, 3.8) is 0 Å². The molecule has 0 bridgehead atoms. The van der Waals surface area contributed by atoms with Gasteiger partial charge in [-0.25, -0.2) is 0 Å². The lowest BCUT2D eigenvalue weighted by Crippen LogP contribution is -2.26. The summed E-state index contributed by atoms with van der Waals surface area (Å²) in [6.07, 6.45) is 2.18. The van der Waals surface area contributed by atoms with Crippen molar-refractivity contribution in [1.82, 2.24) is 4.57 Å². The molecule has 2 rings (SSSR count). The molecule has 3 heteroatoms. The van der Waals surface area contributed by atoms with Gasteiger partial charge >= 0.3 is 0 Å². The van der Waals surface area contributed by atoms with Crippen LogP contribution < -0.4 is 5.56 Å². The molecule has 1 aromatic heterocycles. The maximum absolute atomic E-state index is 12.0. The lowest BCUT2D eigenvalue weighted by atomic mass is 10.1. The highest BCUT2D eigenvalue weighted by molar-refractivity contribution is 5.19. The van der Waals surface area contributed by atoms with E-state index in [1.54, 1.807) is 6.07 Å². The zero-order valence-electron chi connectivity index (χ0n) is 9.23. The van der Waals surface area contributed by atoms with Crippen LogP contribution in [0.2, 0.25) is 0 Å². The average molecular weight is 207 g/mol. The van der Waals surface area contributed by atoms with Crippen molar-refractivity contribution in [2.24, 2.45) is 0 Å². The number of hydrogen-bond acceptors (Lipinski definition) is 2. The van der Waals surface area contributed by atoms with Crippen LogP contribution in [0.15, 0.2) is 16.9 Å². The molecule has 0 saturated heterocycles. The first-order valence-electron chi connectivity index (χ1n) is 5.50. The summed E-state index contributed by atoms with van der Waals surface area (Å²) < 4.78 is 1.87. The summed E-state index contributed by atoms with van der Waals surface area (Å²) in [6, 6.07) is 4.09. The SMILES string of the molecule is CC(C)c1ccc(CO)c(=O)n1C1CC1. The molecule has 0 atom stereocenters. The van der Waals surface area contributed by atoms with Gasteiger partial charge in [0.25, 0.3) is 5.56 Å². The summed E-state index contributed by atoms with van der Waals surface area (Å²) in [7, 11) is 0. The van der Waals surface area contributed by atoms with Crippen LogP contribution in [0.1, 0.15) is 49.9 Å². The van der Waals surface area contributed by atoms with Gasteiger partial charge in [-0.05, 0) is 30.9 Å². The minimum Gasteiger partial charge on any atom is -0.391 e. The topological polar surface area (TPSA) is 42.2 Å². The third-order valence-corrected chi connectivity index (χ3v) is 2.90. The van der Waals surface area contributed by atoms with E-state index in [4.69, 9.17) is 5.11 Å². The lowest BCUT2D eigenvalue weighted by molar-refractivity contribution is 0.279. The van der Waals surface area contributed by atoms with E-state index in [0.717, 1.165) is 18.5 Å². The van der Waals surface area contributed by atoms with Crippen LogP contribution in [0.3, 0.4) is 0 Å². The van der Waals surface area contributed by atoms with Crippen molar-refractivity contribution in [2.45, 2.75) is 45.3 Å². The monoisotopic (exact) mass is 207 g/mol. The van der Waals surface area contributed by atoms with Crippen molar-refractivity contribution in [3.8, 4) is 0 Å². The second kappa shape index (κ2) is 3.81. The first-order valence-corrected chi connectivity index (χ1v) is 5.50. The lowest BCUT2D eigenvalue weighted by Gasteiger charge is -2.15. The number of aromatic nitrogens is 1. The molecule has 1 aliphatic rings. The van der Waals surface area contributed by atoms with Crippen molar-refractivity contribution in [3.05, 3.63) is 33.7 Å². The molecule has 3 nitrogen and oxygen atoms in total. The zero-order chi connectivity index (χ0) is 11.0. The Hall–Kier alpha value is -1.09. The van der Waals surface area contributed by atoms with Crippen molar-refractivity contribution in [1.29, 1.82) is 0 Å². The molecule has 0 aliphatic heterocycles. The van der Waals surface area contributed by atoms with E-state index in [1.807, 2.05) is 10.6 Å². The summed E-state index contributed by atoms with van der Waals surface area (Å²) in [4.78, 5) is 12.0. The van der Waals surface area contributed by atoms with Gasteiger partial charge in [-0.15, -0.1) is 0 Å². The standard InChI is InChI=1S/C12H17NO2/c1-8(2)11-6-3-9(7-14)12(15)13(11)10-4-5-10/h3,6,8,10,14H,4-5,7H2,1-2H3. The second-order valence-corrected chi connectivity index (χ2v) is 4.50. The van der Waals surface area contributed by atoms with Gasteiger partial charge in [0.2, 0.25) is 0 Å². The third-order valence-electron chi connectivity index (χ3n) is 2.90. The Labute approximate surface area is 89.4 Å². The molecule has 0 unspecified atom stereocenters. The predicted molar refractivity (Wildman–Crippen MR) is 59.0 cm³/mol. The highest BCUT2D eigenvalue weighted by Gasteiger charge is 2.27. The number of aliphatic hydroxyl groups is 1. The number of aliphatic hydroxyl groups excluding tert-OH is 1. The van der Waals surface area contributed by atoms with E-state index >= 15 is 0 Å². The normalized spacial score (nSPS) is 16.0. The van der Waals surface area contributed by atoms with Gasteiger partial charge in [0.1, 0.15) is 0 Å². The number of nitrogens with zero attached hydrogens (tertiary/aromatic N) is 1. The van der Waals surface area contributed by atoms with Crippen LogP contribution in [0, 0.1) is 0 Å². The number of rotatable bonds is 3. The quantitative estimate of drug-likeness (QED) is 0.821. The van der Waals surface area contributed by atoms with E-state index in [2.05, 4.69) is 13.8 Å². The van der Waals surface area contributed by atoms with E-state index in [9.17, 15) is 4.79 Å². The smallest absolute Gasteiger partial charge is 0.256 e. The Morgan fingerprint density at radius 3 is 2.60 bits per heavy atom. The summed E-state index contributed by atoms with van der Waals surface area (Å²) >= 11 is 0. The van der Waals surface area contributed by atoms with Gasteiger partial charge in [0, 0.05) is 17.3 Å². The second-order valence-electron chi connectivity index (χ2n) is 4.50. The van der Waals surface area contributed by atoms with Crippen molar-refractivity contribution < 1.29 is 5.11 Å². The highest BCUT2D eigenvalue weighted by atomic mass is 16.3. The van der Waals surface area contributed by atoms with E-state index in [0.29, 0.717) is 17.5 Å². The maximum Gasteiger partial charge on any atom is 0.256 e. The molecule has 1 N–H and O–H groups in total. The Bertz CT molecular complexity index is 416. The molecule has 1 aromatic rings. The minimum absolute atomic E-state index is 0.00815. The number of hydrogen-bond donors (Lipinski definition) is 1. The van der Waals surface area contributed by atoms with E-state index in [1.165, 1.54) is 0 Å². The Morgan fingerprint density at radius 2 is 2.13 bits per heavy atom. The Kier molecular flexibility index (Phi) is 2.65. The predicted octanol–water partition coefficient (Wildman–Crippen LogP) is 1.80. The average Bonchev–Trinajstić information content (AvgIpc) is 3.00. The third kappa shape index (κ3) is 1.84. The first-order chi connectivity index (χ1) is 7.15.